The summed E-state index contributed by atoms with van der Waals surface area (Å²) < 4.78 is 23.0. The van der Waals surface area contributed by atoms with Crippen molar-refractivity contribution in [3.8, 4) is 28.7 Å². The van der Waals surface area contributed by atoms with Crippen molar-refractivity contribution in [2.75, 3.05) is 18.5 Å². The van der Waals surface area contributed by atoms with Crippen molar-refractivity contribution in [2.24, 2.45) is 0 Å². The summed E-state index contributed by atoms with van der Waals surface area (Å²) >= 11 is -2.69. The fraction of sp³-hybridized carbons (Fsp3) is 0.250. The number of benzene rings is 4. The number of hydrogen-bond donors (Lipinski definition) is 1. The standard InChI is InChI=1S/C33H29N2O6.3CH3.Sn/c1-24(21-25-7-11-28(12-8-25)27-5-3-2-4-6-27)41-33(37)35-29-13-17-31(18-14-29)39-22-26-9-15-30(16-10-26)40-23-32(36)38-20-19-34;;;;/h2-13,15-18,24H,20-23H2,1H3,(H,35,37);3*1H3;. The number of hydrogen-bond acceptors (Lipinski definition) is 7. The molecule has 8 nitrogen and oxygen atoms in total. The van der Waals surface area contributed by atoms with Crippen LogP contribution in [-0.2, 0) is 27.3 Å². The van der Waals surface area contributed by atoms with E-state index in [1.807, 2.05) is 55.5 Å². The minimum absolute atomic E-state index is 0.269. The molecule has 4 aromatic carbocycles. The molecule has 45 heavy (non-hydrogen) atoms. The minimum atomic E-state index is -2.69. The fourth-order valence-corrected chi connectivity index (χ4v) is 9.01. The van der Waals surface area contributed by atoms with Crippen LogP contribution < -0.4 is 18.4 Å². The van der Waals surface area contributed by atoms with Crippen molar-refractivity contribution in [1.82, 2.24) is 0 Å². The molecule has 0 spiro atoms. The van der Waals surface area contributed by atoms with Crippen LogP contribution in [0.3, 0.4) is 0 Å². The van der Waals surface area contributed by atoms with Gasteiger partial charge in [0.1, 0.15) is 6.07 Å². The molecule has 0 aliphatic heterocycles. The van der Waals surface area contributed by atoms with Gasteiger partial charge in [0.25, 0.3) is 0 Å². The number of amides is 1. The van der Waals surface area contributed by atoms with Gasteiger partial charge in [0.05, 0.1) is 0 Å². The van der Waals surface area contributed by atoms with Crippen molar-refractivity contribution in [2.45, 2.75) is 40.9 Å². The van der Waals surface area contributed by atoms with Crippen molar-refractivity contribution in [1.29, 1.82) is 5.26 Å². The molecule has 1 amide bonds. The third-order valence-electron chi connectivity index (χ3n) is 6.91. The van der Waals surface area contributed by atoms with Gasteiger partial charge in [-0.1, -0.05) is 30.3 Å². The Morgan fingerprint density at radius 2 is 1.47 bits per heavy atom. The monoisotopic (exact) mass is 714 g/mol. The normalized spacial score (nSPS) is 11.5. The Morgan fingerprint density at radius 3 is 2.13 bits per heavy atom. The van der Waals surface area contributed by atoms with Crippen LogP contribution in [0.1, 0.15) is 18.1 Å². The van der Waals surface area contributed by atoms with E-state index < -0.39 is 30.4 Å². The van der Waals surface area contributed by atoms with Crippen LogP contribution in [-0.4, -0.2) is 49.8 Å². The molecular formula is C36H38N2O6Sn. The van der Waals surface area contributed by atoms with Crippen LogP contribution in [0.15, 0.2) is 97.1 Å². The molecule has 9 heteroatoms. The van der Waals surface area contributed by atoms with E-state index in [1.54, 1.807) is 18.2 Å². The Kier molecular flexibility index (Phi) is 11.9. The van der Waals surface area contributed by atoms with Crippen molar-refractivity contribution in [3.63, 3.8) is 0 Å². The first-order chi connectivity index (χ1) is 21.6. The molecule has 1 atom stereocenters. The van der Waals surface area contributed by atoms with Crippen LogP contribution in [0.2, 0.25) is 14.8 Å². The van der Waals surface area contributed by atoms with E-state index in [0.29, 0.717) is 24.5 Å². The number of ether oxygens (including phenoxy) is 4. The Balaban J connectivity index is 1.30. The molecule has 4 aromatic rings. The van der Waals surface area contributed by atoms with E-state index >= 15 is 0 Å². The number of esters is 1. The van der Waals surface area contributed by atoms with E-state index in [4.69, 9.17) is 19.5 Å². The van der Waals surface area contributed by atoms with Gasteiger partial charge in [-0.15, -0.1) is 0 Å². The van der Waals surface area contributed by atoms with Gasteiger partial charge in [-0.3, -0.25) is 0 Å². The number of nitriles is 1. The number of anilines is 1. The molecule has 0 aliphatic carbocycles. The van der Waals surface area contributed by atoms with Crippen molar-refractivity contribution >= 4 is 39.7 Å². The summed E-state index contributed by atoms with van der Waals surface area (Å²) in [4.78, 5) is 31.2. The molecule has 1 unspecified atom stereocenters. The van der Waals surface area contributed by atoms with Gasteiger partial charge in [0, 0.05) is 0 Å². The number of nitrogens with zero attached hydrogens (tertiary/aromatic N) is 1. The van der Waals surface area contributed by atoms with Gasteiger partial charge in [-0.05, 0) is 0 Å². The maximum atomic E-state index is 12.9. The van der Waals surface area contributed by atoms with E-state index in [1.165, 1.54) is 5.56 Å². The van der Waals surface area contributed by atoms with Crippen LogP contribution in [0.5, 0.6) is 11.5 Å². The molecule has 0 radical (unpaired) electrons. The van der Waals surface area contributed by atoms with Crippen LogP contribution in [0, 0.1) is 11.3 Å². The molecule has 0 saturated heterocycles. The first-order valence-electron chi connectivity index (χ1n) is 14.7. The molecule has 4 rings (SSSR count). The summed E-state index contributed by atoms with van der Waals surface area (Å²) in [6.07, 6.45) is -0.164. The van der Waals surface area contributed by atoms with Crippen LogP contribution in [0.25, 0.3) is 11.1 Å². The van der Waals surface area contributed by atoms with Gasteiger partial charge in [0.2, 0.25) is 0 Å². The second kappa shape index (κ2) is 16.0. The summed E-state index contributed by atoms with van der Waals surface area (Å²) in [5.41, 5.74) is 5.09. The van der Waals surface area contributed by atoms with Crippen molar-refractivity contribution in [3.05, 3.63) is 108 Å². The molecule has 0 aliphatic rings. The number of carbonyl (C=O) groups excluding carboxylic acids is 2. The van der Waals surface area contributed by atoms with Gasteiger partial charge in [-0.25, -0.2) is 4.79 Å². The zero-order valence-electron chi connectivity index (χ0n) is 26.0. The van der Waals surface area contributed by atoms with Gasteiger partial charge >= 0.3 is 212 Å². The topological polar surface area (TPSA) is 107 Å². The Labute approximate surface area is 268 Å². The zero-order valence-corrected chi connectivity index (χ0v) is 28.9. The fourth-order valence-electron chi connectivity index (χ4n) is 4.65. The molecule has 232 valence electrons. The molecule has 0 fully saturated rings. The molecule has 0 saturated carbocycles. The second-order valence-electron chi connectivity index (χ2n) is 11.6. The summed E-state index contributed by atoms with van der Waals surface area (Å²) in [6.45, 7) is 1.66. The quantitative estimate of drug-likeness (QED) is 0.116. The zero-order chi connectivity index (χ0) is 32.2. The Bertz CT molecular complexity index is 1610. The van der Waals surface area contributed by atoms with Crippen molar-refractivity contribution < 1.29 is 28.5 Å². The van der Waals surface area contributed by atoms with E-state index in [2.05, 4.69) is 61.3 Å². The van der Waals surface area contributed by atoms with E-state index in [-0.39, 0.29) is 19.3 Å². The third-order valence-corrected chi connectivity index (χ3v) is 12.7. The van der Waals surface area contributed by atoms with Crippen LogP contribution >= 0.6 is 0 Å². The Morgan fingerprint density at radius 1 is 0.822 bits per heavy atom. The predicted octanol–water partition coefficient (Wildman–Crippen LogP) is 7.10. The number of rotatable bonds is 13. The first-order valence-corrected chi connectivity index (χ1v) is 24.7. The molecule has 0 bridgehead atoms. The number of carbonyl (C=O) groups is 2. The van der Waals surface area contributed by atoms with E-state index in [9.17, 15) is 9.59 Å². The number of nitrogens with one attached hydrogen (secondary N) is 1. The average Bonchev–Trinajstić information content (AvgIpc) is 3.03. The van der Waals surface area contributed by atoms with Crippen LogP contribution in [0.4, 0.5) is 10.5 Å². The second-order valence-corrected chi connectivity index (χ2v) is 26.0. The first kappa shape index (κ1) is 33.4. The molecule has 0 aromatic heterocycles. The van der Waals surface area contributed by atoms with Gasteiger partial charge in [-0.2, -0.15) is 5.26 Å². The Hall–Kier alpha value is -4.49. The summed E-state index contributed by atoms with van der Waals surface area (Å²) in [6, 6.07) is 33.2. The SMILES string of the molecule is CC(Cc1ccc(-c2ccccc2)cc1)OC(=O)Nc1ccc(OCc2ccc(OCC(=O)OCC#N)cc2)c[c]1[Sn]([CH3])([CH3])[CH3]. The molecule has 1 N–H and O–H groups in total. The molecular weight excluding hydrogens is 675 g/mol. The van der Waals surface area contributed by atoms with Gasteiger partial charge in [0.15, 0.2) is 6.61 Å². The van der Waals surface area contributed by atoms with E-state index in [0.717, 1.165) is 26.0 Å². The maximum absolute atomic E-state index is 12.9. The predicted molar refractivity (Wildman–Crippen MR) is 177 cm³/mol. The average molecular weight is 713 g/mol. The summed E-state index contributed by atoms with van der Waals surface area (Å²) in [7, 11) is 0. The molecule has 0 heterocycles. The third kappa shape index (κ3) is 10.6. The van der Waals surface area contributed by atoms with Gasteiger partial charge < -0.3 is 4.74 Å². The summed E-state index contributed by atoms with van der Waals surface area (Å²) in [5.74, 6) is 0.618. The summed E-state index contributed by atoms with van der Waals surface area (Å²) in [5, 5.41) is 11.4.